The van der Waals surface area contributed by atoms with Crippen molar-refractivity contribution < 1.29 is 9.53 Å². The van der Waals surface area contributed by atoms with Crippen LogP contribution in [0.3, 0.4) is 0 Å². The molecule has 6 heteroatoms. The van der Waals surface area contributed by atoms with Gasteiger partial charge in [-0.25, -0.2) is 14.6 Å². The zero-order valence-electron chi connectivity index (χ0n) is 11.1. The minimum atomic E-state index is -0.451. The third-order valence-corrected chi connectivity index (χ3v) is 2.04. The number of hydrogen-bond acceptors (Lipinski definition) is 4. The van der Waals surface area contributed by atoms with Gasteiger partial charge in [-0.3, -0.25) is 0 Å². The van der Waals surface area contributed by atoms with Crippen molar-refractivity contribution in [1.82, 2.24) is 15.3 Å². The zero-order valence-corrected chi connectivity index (χ0v) is 11.1. The fraction of sp³-hybridized carbons (Fsp3) is 0.583. The van der Waals surface area contributed by atoms with Crippen molar-refractivity contribution in [2.24, 2.45) is 0 Å². The molecule has 0 saturated heterocycles. The van der Waals surface area contributed by atoms with Crippen LogP contribution in [0.1, 0.15) is 33.3 Å². The minimum absolute atomic E-state index is 0.292. The van der Waals surface area contributed by atoms with Crippen molar-refractivity contribution in [1.29, 1.82) is 0 Å². The van der Waals surface area contributed by atoms with Gasteiger partial charge in [-0.2, -0.15) is 0 Å². The van der Waals surface area contributed by atoms with E-state index in [1.54, 1.807) is 13.1 Å². The number of aromatic nitrogens is 2. The van der Waals surface area contributed by atoms with Gasteiger partial charge < -0.3 is 15.0 Å². The highest BCUT2D eigenvalue weighted by Gasteiger charge is 2.17. The summed E-state index contributed by atoms with van der Waals surface area (Å²) in [6, 6.07) is 0. The molecule has 1 aromatic heterocycles. The summed E-state index contributed by atoms with van der Waals surface area (Å²) in [5.41, 5.74) is 0.0968. The Hall–Kier alpha value is -1.85. The molecule has 0 spiro atoms. The summed E-state index contributed by atoms with van der Waals surface area (Å²) in [6.45, 7) is 7.42. The Labute approximate surface area is 106 Å². The molecule has 0 bridgehead atoms. The maximum atomic E-state index is 11.5. The number of carbonyl (C=O) groups excluding carboxylic acids is 1. The highest BCUT2D eigenvalue weighted by atomic mass is 16.6. The molecular weight excluding hydrogens is 234 g/mol. The maximum Gasteiger partial charge on any atom is 0.407 e. The van der Waals surface area contributed by atoms with Gasteiger partial charge in [0.1, 0.15) is 6.10 Å². The summed E-state index contributed by atoms with van der Waals surface area (Å²) in [6.07, 6.45) is 2.80. The lowest BCUT2D eigenvalue weighted by molar-refractivity contribution is 0.0999. The highest BCUT2D eigenvalue weighted by molar-refractivity contribution is 5.68. The summed E-state index contributed by atoms with van der Waals surface area (Å²) in [7, 11) is 0. The van der Waals surface area contributed by atoms with Gasteiger partial charge in [0.05, 0.1) is 0 Å². The van der Waals surface area contributed by atoms with Crippen LogP contribution >= 0.6 is 0 Å². The second-order valence-corrected chi connectivity index (χ2v) is 5.22. The van der Waals surface area contributed by atoms with Crippen LogP contribution in [0.4, 0.5) is 4.79 Å². The Morgan fingerprint density at radius 3 is 2.72 bits per heavy atom. The van der Waals surface area contributed by atoms with Crippen LogP contribution in [0.2, 0.25) is 0 Å². The van der Waals surface area contributed by atoms with Crippen LogP contribution in [0.15, 0.2) is 17.2 Å². The van der Waals surface area contributed by atoms with Gasteiger partial charge in [-0.05, 0) is 33.3 Å². The van der Waals surface area contributed by atoms with Crippen molar-refractivity contribution in [3.05, 3.63) is 28.4 Å². The molecule has 0 saturated carbocycles. The first-order valence-corrected chi connectivity index (χ1v) is 5.79. The van der Waals surface area contributed by atoms with E-state index in [9.17, 15) is 9.59 Å². The molecule has 18 heavy (non-hydrogen) atoms. The van der Waals surface area contributed by atoms with Crippen LogP contribution in [0.5, 0.6) is 0 Å². The number of hydrogen-bond donors (Lipinski definition) is 2. The average molecular weight is 253 g/mol. The molecule has 0 aliphatic heterocycles. The van der Waals surface area contributed by atoms with Crippen LogP contribution in [0.25, 0.3) is 0 Å². The van der Waals surface area contributed by atoms with Crippen molar-refractivity contribution in [2.45, 2.75) is 45.8 Å². The molecule has 1 rings (SSSR count). The Balaban J connectivity index is 2.46. The summed E-state index contributed by atoms with van der Waals surface area (Å²) < 4.78 is 5.19. The quantitative estimate of drug-likeness (QED) is 0.848. The van der Waals surface area contributed by atoms with Gasteiger partial charge in [0.15, 0.2) is 0 Å². The normalized spacial score (nSPS) is 12.9. The summed E-state index contributed by atoms with van der Waals surface area (Å²) in [5, 5.41) is 2.71. The number of amides is 1. The smallest absolute Gasteiger partial charge is 0.407 e. The number of H-pyrrole nitrogens is 1. The van der Waals surface area contributed by atoms with E-state index in [2.05, 4.69) is 15.3 Å². The average Bonchev–Trinajstić information content (AvgIpc) is 2.18. The predicted molar refractivity (Wildman–Crippen MR) is 67.4 cm³/mol. The fourth-order valence-electron chi connectivity index (χ4n) is 1.37. The first kappa shape index (κ1) is 14.2. The Bertz CT molecular complexity index is 442. The van der Waals surface area contributed by atoms with Gasteiger partial charge in [0.25, 0.3) is 0 Å². The van der Waals surface area contributed by atoms with Crippen molar-refractivity contribution in [3.63, 3.8) is 0 Å². The third kappa shape index (κ3) is 5.47. The molecule has 100 valence electrons. The van der Waals surface area contributed by atoms with Crippen molar-refractivity contribution >= 4 is 6.09 Å². The predicted octanol–water partition coefficient (Wildman–Crippen LogP) is 1.23. The van der Waals surface area contributed by atoms with Crippen LogP contribution in [0, 0.1) is 0 Å². The monoisotopic (exact) mass is 253 g/mol. The van der Waals surface area contributed by atoms with Gasteiger partial charge >= 0.3 is 11.8 Å². The molecule has 1 atom stereocenters. The molecule has 0 aromatic carbocycles. The summed E-state index contributed by atoms with van der Waals surface area (Å²) >= 11 is 0. The van der Waals surface area contributed by atoms with Gasteiger partial charge in [0.2, 0.25) is 0 Å². The third-order valence-electron chi connectivity index (χ3n) is 2.04. The summed E-state index contributed by atoms with van der Waals surface area (Å²) in [5.74, 6) is 0. The van der Waals surface area contributed by atoms with E-state index in [1.165, 1.54) is 6.20 Å². The topological polar surface area (TPSA) is 84.1 Å². The van der Waals surface area contributed by atoms with Crippen LogP contribution < -0.4 is 11.0 Å². The zero-order chi connectivity index (χ0) is 13.8. The number of carbonyl (C=O) groups is 1. The second-order valence-electron chi connectivity index (χ2n) is 5.22. The number of ether oxygens (including phenoxy) is 1. The number of nitrogens with one attached hydrogen (secondary N) is 2. The van der Waals surface area contributed by atoms with E-state index in [1.807, 2.05) is 20.8 Å². The Kier molecular flexibility index (Phi) is 4.47. The number of nitrogens with zero attached hydrogens (tertiary/aromatic N) is 1. The van der Waals surface area contributed by atoms with E-state index in [-0.39, 0.29) is 11.6 Å². The molecular formula is C12H19N3O3. The molecule has 0 radical (unpaired) electrons. The van der Waals surface area contributed by atoms with Crippen LogP contribution in [-0.2, 0) is 11.2 Å². The molecule has 6 nitrogen and oxygen atoms in total. The van der Waals surface area contributed by atoms with E-state index in [0.717, 1.165) is 5.56 Å². The highest BCUT2D eigenvalue weighted by Crippen LogP contribution is 2.05. The molecule has 0 aliphatic rings. The van der Waals surface area contributed by atoms with Gasteiger partial charge in [-0.15, -0.1) is 0 Å². The SMILES string of the molecule is CC(Cc1cnc(=O)[nH]c1)OC(=O)NC(C)(C)C. The van der Waals surface area contributed by atoms with Crippen LogP contribution in [-0.4, -0.2) is 27.7 Å². The molecule has 2 N–H and O–H groups in total. The first-order chi connectivity index (χ1) is 8.26. The number of aromatic amines is 1. The largest absolute Gasteiger partial charge is 0.446 e. The number of rotatable bonds is 3. The lowest BCUT2D eigenvalue weighted by atomic mass is 10.1. The maximum absolute atomic E-state index is 11.5. The van der Waals surface area contributed by atoms with E-state index < -0.39 is 11.8 Å². The second kappa shape index (κ2) is 5.66. The summed E-state index contributed by atoms with van der Waals surface area (Å²) in [4.78, 5) is 28.4. The lowest BCUT2D eigenvalue weighted by Crippen LogP contribution is -2.42. The number of alkyl carbamates (subject to hydrolysis) is 1. The van der Waals surface area contributed by atoms with Gasteiger partial charge in [-0.1, -0.05) is 0 Å². The molecule has 0 aliphatic carbocycles. The Morgan fingerprint density at radius 1 is 1.56 bits per heavy atom. The van der Waals surface area contributed by atoms with Crippen molar-refractivity contribution in [3.8, 4) is 0 Å². The molecule has 1 unspecified atom stereocenters. The standard InChI is InChI=1S/C12H19N3O3/c1-8(18-11(17)15-12(2,3)4)5-9-6-13-10(16)14-7-9/h6-8H,5H2,1-4H3,(H,15,17)(H,13,14,16). The lowest BCUT2D eigenvalue weighted by Gasteiger charge is -2.22. The minimum Gasteiger partial charge on any atom is -0.446 e. The fourth-order valence-corrected chi connectivity index (χ4v) is 1.37. The molecule has 1 heterocycles. The molecule has 1 aromatic rings. The van der Waals surface area contributed by atoms with Gasteiger partial charge in [0, 0.05) is 24.4 Å². The molecule has 1 amide bonds. The van der Waals surface area contributed by atoms with Crippen molar-refractivity contribution in [2.75, 3.05) is 0 Å². The van der Waals surface area contributed by atoms with E-state index in [0.29, 0.717) is 6.42 Å². The Morgan fingerprint density at radius 2 is 2.22 bits per heavy atom. The molecule has 0 fully saturated rings. The van der Waals surface area contributed by atoms with E-state index in [4.69, 9.17) is 4.74 Å². The first-order valence-electron chi connectivity index (χ1n) is 5.79. The van der Waals surface area contributed by atoms with E-state index >= 15 is 0 Å².